The Hall–Kier alpha value is -2.54. The van der Waals surface area contributed by atoms with Crippen LogP contribution in [0.1, 0.15) is 10.7 Å². The molecule has 1 N–H and O–H groups in total. The second-order valence-corrected chi connectivity index (χ2v) is 5.27. The number of rotatable bonds is 3. The minimum Gasteiger partial charge on any atom is -0.334 e. The molecule has 0 unspecified atom stereocenters. The Morgan fingerprint density at radius 2 is 2.25 bits per heavy atom. The van der Waals surface area contributed by atoms with Crippen LogP contribution in [0.2, 0.25) is 0 Å². The molecule has 0 radical (unpaired) electrons. The van der Waals surface area contributed by atoms with E-state index in [1.54, 1.807) is 23.0 Å². The third-order valence-corrected chi connectivity index (χ3v) is 3.78. The second kappa shape index (κ2) is 4.53. The summed E-state index contributed by atoms with van der Waals surface area (Å²) in [6, 6.07) is 5.84. The van der Waals surface area contributed by atoms with Crippen molar-refractivity contribution in [2.24, 2.45) is 0 Å². The third kappa shape index (κ3) is 1.88. The molecule has 0 fully saturated rings. The van der Waals surface area contributed by atoms with Gasteiger partial charge in [0.1, 0.15) is 0 Å². The molecule has 0 atom stereocenters. The molecule has 0 saturated heterocycles. The summed E-state index contributed by atoms with van der Waals surface area (Å²) in [6.07, 6.45) is 4.21. The number of aromatic nitrogens is 5. The first kappa shape index (κ1) is 11.3. The molecule has 6 nitrogen and oxygen atoms in total. The molecule has 0 aliphatic heterocycles. The maximum Gasteiger partial charge on any atom is 0.258 e. The zero-order valence-corrected chi connectivity index (χ0v) is 11.1. The van der Waals surface area contributed by atoms with Gasteiger partial charge in [-0.2, -0.15) is 10.1 Å². The van der Waals surface area contributed by atoms with E-state index in [-0.39, 0.29) is 0 Å². The number of aromatic amines is 1. The van der Waals surface area contributed by atoms with E-state index in [1.807, 2.05) is 24.4 Å². The van der Waals surface area contributed by atoms with Gasteiger partial charge < -0.3 is 4.52 Å². The molecule has 20 heavy (non-hydrogen) atoms. The summed E-state index contributed by atoms with van der Waals surface area (Å²) in [7, 11) is 0. The van der Waals surface area contributed by atoms with Gasteiger partial charge in [0.25, 0.3) is 5.89 Å². The first-order valence-electron chi connectivity index (χ1n) is 6.02. The van der Waals surface area contributed by atoms with Crippen molar-refractivity contribution in [1.29, 1.82) is 0 Å². The second-order valence-electron chi connectivity index (χ2n) is 4.30. The SMILES string of the molecule is c1cc(-c2nc(Cc3cncs3)no2)c2cn[nH]c2c1. The zero-order chi connectivity index (χ0) is 13.4. The third-order valence-electron chi connectivity index (χ3n) is 3.00. The predicted molar refractivity (Wildman–Crippen MR) is 74.3 cm³/mol. The van der Waals surface area contributed by atoms with Crippen molar-refractivity contribution >= 4 is 22.2 Å². The summed E-state index contributed by atoms with van der Waals surface area (Å²) in [4.78, 5) is 9.59. The zero-order valence-electron chi connectivity index (χ0n) is 10.3. The Labute approximate surface area is 117 Å². The molecule has 7 heteroatoms. The molecule has 0 amide bonds. The van der Waals surface area contributed by atoms with E-state index in [2.05, 4.69) is 25.3 Å². The van der Waals surface area contributed by atoms with Gasteiger partial charge in [0.15, 0.2) is 5.82 Å². The molecule has 3 heterocycles. The van der Waals surface area contributed by atoms with Crippen LogP contribution in [0.15, 0.2) is 40.6 Å². The summed E-state index contributed by atoms with van der Waals surface area (Å²) >= 11 is 1.58. The fourth-order valence-corrected chi connectivity index (χ4v) is 2.67. The summed E-state index contributed by atoms with van der Waals surface area (Å²) in [5.41, 5.74) is 3.63. The van der Waals surface area contributed by atoms with Crippen LogP contribution in [0.4, 0.5) is 0 Å². The van der Waals surface area contributed by atoms with Gasteiger partial charge in [-0.3, -0.25) is 10.1 Å². The minimum absolute atomic E-state index is 0.511. The fraction of sp³-hybridized carbons (Fsp3) is 0.0769. The number of benzene rings is 1. The monoisotopic (exact) mass is 283 g/mol. The number of H-pyrrole nitrogens is 1. The first-order valence-corrected chi connectivity index (χ1v) is 6.90. The van der Waals surface area contributed by atoms with Crippen LogP contribution in [0.25, 0.3) is 22.4 Å². The maximum absolute atomic E-state index is 5.36. The highest BCUT2D eigenvalue weighted by molar-refractivity contribution is 7.09. The van der Waals surface area contributed by atoms with Gasteiger partial charge in [0.05, 0.1) is 22.8 Å². The number of nitrogens with zero attached hydrogens (tertiary/aromatic N) is 4. The van der Waals surface area contributed by atoms with E-state index >= 15 is 0 Å². The number of thiazole rings is 1. The van der Waals surface area contributed by atoms with Crippen molar-refractivity contribution in [2.45, 2.75) is 6.42 Å². The van der Waals surface area contributed by atoms with E-state index in [4.69, 9.17) is 4.52 Å². The first-order chi connectivity index (χ1) is 9.90. The van der Waals surface area contributed by atoms with E-state index in [9.17, 15) is 0 Å². The van der Waals surface area contributed by atoms with Crippen LogP contribution < -0.4 is 0 Å². The number of hydrogen-bond acceptors (Lipinski definition) is 6. The van der Waals surface area contributed by atoms with Gasteiger partial charge in [-0.05, 0) is 12.1 Å². The van der Waals surface area contributed by atoms with Gasteiger partial charge in [-0.25, -0.2) is 0 Å². The van der Waals surface area contributed by atoms with Crippen molar-refractivity contribution in [3.05, 3.63) is 46.8 Å². The Balaban J connectivity index is 1.72. The molecule has 0 aliphatic carbocycles. The highest BCUT2D eigenvalue weighted by Crippen LogP contribution is 2.26. The summed E-state index contributed by atoms with van der Waals surface area (Å²) < 4.78 is 5.36. The largest absolute Gasteiger partial charge is 0.334 e. The van der Waals surface area contributed by atoms with E-state index in [0.29, 0.717) is 18.1 Å². The van der Waals surface area contributed by atoms with Crippen molar-refractivity contribution in [3.63, 3.8) is 0 Å². The van der Waals surface area contributed by atoms with Gasteiger partial charge in [0.2, 0.25) is 0 Å². The molecule has 98 valence electrons. The number of fused-ring (bicyclic) bond motifs is 1. The van der Waals surface area contributed by atoms with Crippen LogP contribution in [0, 0.1) is 0 Å². The lowest BCUT2D eigenvalue weighted by Gasteiger charge is -1.95. The summed E-state index contributed by atoms with van der Waals surface area (Å²) in [6.45, 7) is 0. The van der Waals surface area contributed by atoms with Crippen LogP contribution in [-0.2, 0) is 6.42 Å². The predicted octanol–water partition coefficient (Wildman–Crippen LogP) is 2.66. The maximum atomic E-state index is 5.36. The summed E-state index contributed by atoms with van der Waals surface area (Å²) in [5.74, 6) is 1.17. The van der Waals surface area contributed by atoms with Crippen molar-refractivity contribution < 1.29 is 4.52 Å². The molecule has 0 aliphatic rings. The minimum atomic E-state index is 0.511. The van der Waals surface area contributed by atoms with E-state index < -0.39 is 0 Å². The average Bonchev–Trinajstić information content (AvgIpc) is 3.19. The molecule has 3 aromatic heterocycles. The van der Waals surface area contributed by atoms with E-state index in [1.165, 1.54) is 0 Å². The molecule has 4 rings (SSSR count). The topological polar surface area (TPSA) is 80.5 Å². The fourth-order valence-electron chi connectivity index (χ4n) is 2.08. The lowest BCUT2D eigenvalue weighted by atomic mass is 10.1. The van der Waals surface area contributed by atoms with Gasteiger partial charge in [-0.15, -0.1) is 11.3 Å². The van der Waals surface area contributed by atoms with Gasteiger partial charge >= 0.3 is 0 Å². The molecular weight excluding hydrogens is 274 g/mol. The van der Waals surface area contributed by atoms with Crippen molar-refractivity contribution in [3.8, 4) is 11.5 Å². The summed E-state index contributed by atoms with van der Waals surface area (Å²) in [5, 5.41) is 12.0. The molecule has 1 aromatic carbocycles. The normalized spacial score (nSPS) is 11.2. The standard InChI is InChI=1S/C13H9N5OS/c1-2-9(10-6-15-17-11(10)3-1)13-16-12(18-19-13)4-8-5-14-7-20-8/h1-3,5-7H,4H2,(H,15,17). The van der Waals surface area contributed by atoms with Crippen molar-refractivity contribution in [1.82, 2.24) is 25.3 Å². The molecule has 0 saturated carbocycles. The van der Waals surface area contributed by atoms with Crippen LogP contribution in [0.3, 0.4) is 0 Å². The quantitative estimate of drug-likeness (QED) is 0.625. The lowest BCUT2D eigenvalue weighted by molar-refractivity contribution is 0.424. The average molecular weight is 283 g/mol. The Morgan fingerprint density at radius 1 is 1.25 bits per heavy atom. The number of nitrogens with one attached hydrogen (secondary N) is 1. The molecule has 4 aromatic rings. The van der Waals surface area contributed by atoms with Crippen LogP contribution >= 0.6 is 11.3 Å². The highest BCUT2D eigenvalue weighted by Gasteiger charge is 2.13. The van der Waals surface area contributed by atoms with Gasteiger partial charge in [0, 0.05) is 22.9 Å². The van der Waals surface area contributed by atoms with Gasteiger partial charge in [-0.1, -0.05) is 11.2 Å². The smallest absolute Gasteiger partial charge is 0.258 e. The molecule has 0 bridgehead atoms. The van der Waals surface area contributed by atoms with Crippen LogP contribution in [0.5, 0.6) is 0 Å². The number of hydrogen-bond donors (Lipinski definition) is 1. The van der Waals surface area contributed by atoms with Crippen molar-refractivity contribution in [2.75, 3.05) is 0 Å². The lowest BCUT2D eigenvalue weighted by Crippen LogP contribution is -1.87. The Bertz CT molecular complexity index is 849. The highest BCUT2D eigenvalue weighted by atomic mass is 32.1. The molecule has 0 spiro atoms. The van der Waals surface area contributed by atoms with E-state index in [0.717, 1.165) is 21.3 Å². The Morgan fingerprint density at radius 3 is 3.15 bits per heavy atom. The Kier molecular flexibility index (Phi) is 2.56. The molecular formula is C13H9N5OS. The van der Waals surface area contributed by atoms with Crippen LogP contribution in [-0.4, -0.2) is 25.3 Å².